The van der Waals surface area contributed by atoms with Gasteiger partial charge >= 0.3 is 5.97 Å². The SMILES string of the molecule is COC(=O)Cc1ccc(C2CCCCC2)c(Cl)c1Cl. The van der Waals surface area contributed by atoms with Crippen molar-refractivity contribution < 1.29 is 9.53 Å². The summed E-state index contributed by atoms with van der Waals surface area (Å²) in [6.07, 6.45) is 6.33. The summed E-state index contributed by atoms with van der Waals surface area (Å²) in [4.78, 5) is 11.3. The van der Waals surface area contributed by atoms with Crippen LogP contribution in [0.5, 0.6) is 0 Å². The minimum absolute atomic E-state index is 0.167. The Morgan fingerprint density at radius 2 is 1.89 bits per heavy atom. The van der Waals surface area contributed by atoms with Crippen LogP contribution in [0.4, 0.5) is 0 Å². The van der Waals surface area contributed by atoms with Gasteiger partial charge in [0.1, 0.15) is 0 Å². The molecule has 1 aromatic carbocycles. The number of rotatable bonds is 3. The molecular formula is C15H18Cl2O2. The predicted molar refractivity (Wildman–Crippen MR) is 78.0 cm³/mol. The fourth-order valence-corrected chi connectivity index (χ4v) is 3.28. The van der Waals surface area contributed by atoms with Gasteiger partial charge in [0.05, 0.1) is 23.6 Å². The number of halogens is 2. The fourth-order valence-electron chi connectivity index (χ4n) is 2.70. The summed E-state index contributed by atoms with van der Waals surface area (Å²) in [7, 11) is 1.37. The van der Waals surface area contributed by atoms with Crippen LogP contribution in [0.1, 0.15) is 49.1 Å². The zero-order chi connectivity index (χ0) is 13.8. The molecular weight excluding hydrogens is 283 g/mol. The maximum Gasteiger partial charge on any atom is 0.310 e. The number of benzene rings is 1. The standard InChI is InChI=1S/C15H18Cl2O2/c1-19-13(18)9-11-7-8-12(15(17)14(11)16)10-5-3-2-4-6-10/h7-8,10H,2-6,9H2,1H3. The molecule has 1 fully saturated rings. The summed E-state index contributed by atoms with van der Waals surface area (Å²) >= 11 is 12.7. The number of hydrogen-bond donors (Lipinski definition) is 0. The Morgan fingerprint density at radius 1 is 1.21 bits per heavy atom. The van der Waals surface area contributed by atoms with Crippen LogP contribution in [0.2, 0.25) is 10.0 Å². The van der Waals surface area contributed by atoms with Crippen molar-refractivity contribution in [1.82, 2.24) is 0 Å². The van der Waals surface area contributed by atoms with Crippen LogP contribution in [-0.4, -0.2) is 13.1 Å². The van der Waals surface area contributed by atoms with Gasteiger partial charge in [-0.2, -0.15) is 0 Å². The van der Waals surface area contributed by atoms with Gasteiger partial charge in [-0.3, -0.25) is 4.79 Å². The first-order chi connectivity index (χ1) is 9.13. The molecule has 0 atom stereocenters. The number of esters is 1. The zero-order valence-electron chi connectivity index (χ0n) is 11.0. The second kappa shape index (κ2) is 6.62. The largest absolute Gasteiger partial charge is 0.469 e. The van der Waals surface area contributed by atoms with E-state index in [4.69, 9.17) is 23.2 Å². The van der Waals surface area contributed by atoms with E-state index in [1.54, 1.807) is 0 Å². The van der Waals surface area contributed by atoms with E-state index in [9.17, 15) is 4.79 Å². The lowest BCUT2D eigenvalue weighted by atomic mass is 9.84. The fraction of sp³-hybridized carbons (Fsp3) is 0.533. The monoisotopic (exact) mass is 300 g/mol. The van der Waals surface area contributed by atoms with Gasteiger partial charge in [-0.1, -0.05) is 54.6 Å². The van der Waals surface area contributed by atoms with Gasteiger partial charge in [0, 0.05) is 0 Å². The number of carbonyl (C=O) groups is 1. The van der Waals surface area contributed by atoms with E-state index in [0.717, 1.165) is 11.1 Å². The summed E-state index contributed by atoms with van der Waals surface area (Å²) < 4.78 is 4.65. The third-order valence-electron chi connectivity index (χ3n) is 3.80. The minimum Gasteiger partial charge on any atom is -0.469 e. The Morgan fingerprint density at radius 3 is 2.53 bits per heavy atom. The van der Waals surface area contributed by atoms with Gasteiger partial charge < -0.3 is 4.74 Å². The van der Waals surface area contributed by atoms with Crippen molar-refractivity contribution >= 4 is 29.2 Å². The number of ether oxygens (including phenoxy) is 1. The highest BCUT2D eigenvalue weighted by Crippen LogP contribution is 2.40. The van der Waals surface area contributed by atoms with Crippen molar-refractivity contribution in [2.75, 3.05) is 7.11 Å². The summed E-state index contributed by atoms with van der Waals surface area (Å²) in [5.74, 6) is 0.203. The maximum atomic E-state index is 11.3. The molecule has 0 N–H and O–H groups in total. The lowest BCUT2D eigenvalue weighted by Gasteiger charge is -2.23. The molecule has 0 heterocycles. The Kier molecular flexibility index (Phi) is 5.12. The molecule has 0 saturated heterocycles. The highest BCUT2D eigenvalue weighted by molar-refractivity contribution is 6.43. The van der Waals surface area contributed by atoms with Gasteiger partial charge in [-0.25, -0.2) is 0 Å². The molecule has 1 saturated carbocycles. The van der Waals surface area contributed by atoms with Gasteiger partial charge in [0.15, 0.2) is 0 Å². The lowest BCUT2D eigenvalue weighted by molar-refractivity contribution is -0.139. The van der Waals surface area contributed by atoms with Crippen LogP contribution in [0.15, 0.2) is 12.1 Å². The van der Waals surface area contributed by atoms with Crippen LogP contribution in [0.25, 0.3) is 0 Å². The zero-order valence-corrected chi connectivity index (χ0v) is 12.6. The van der Waals surface area contributed by atoms with Crippen molar-refractivity contribution in [3.05, 3.63) is 33.3 Å². The van der Waals surface area contributed by atoms with Crippen molar-refractivity contribution in [2.45, 2.75) is 44.4 Å². The van der Waals surface area contributed by atoms with E-state index in [1.165, 1.54) is 39.2 Å². The molecule has 104 valence electrons. The molecule has 0 aromatic heterocycles. The third kappa shape index (κ3) is 3.43. The molecule has 2 rings (SSSR count). The Balaban J connectivity index is 2.23. The minimum atomic E-state index is -0.302. The van der Waals surface area contributed by atoms with Gasteiger partial charge in [0.2, 0.25) is 0 Å². The third-order valence-corrected chi connectivity index (χ3v) is 4.74. The van der Waals surface area contributed by atoms with E-state index in [-0.39, 0.29) is 12.4 Å². The van der Waals surface area contributed by atoms with Crippen LogP contribution < -0.4 is 0 Å². The number of hydrogen-bond acceptors (Lipinski definition) is 2. The molecule has 0 unspecified atom stereocenters. The summed E-state index contributed by atoms with van der Waals surface area (Å²) in [6.45, 7) is 0. The highest BCUT2D eigenvalue weighted by atomic mass is 35.5. The quantitative estimate of drug-likeness (QED) is 0.753. The van der Waals surface area contributed by atoms with Crippen LogP contribution in [-0.2, 0) is 16.0 Å². The normalized spacial score (nSPS) is 16.4. The maximum absolute atomic E-state index is 11.3. The van der Waals surface area contributed by atoms with Crippen molar-refractivity contribution in [1.29, 1.82) is 0 Å². The first-order valence-corrected chi connectivity index (χ1v) is 7.42. The van der Waals surface area contributed by atoms with Gasteiger partial charge in [0.25, 0.3) is 0 Å². The second-order valence-electron chi connectivity index (χ2n) is 5.03. The molecule has 1 aromatic rings. The van der Waals surface area contributed by atoms with Crippen molar-refractivity contribution in [2.24, 2.45) is 0 Å². The van der Waals surface area contributed by atoms with E-state index >= 15 is 0 Å². The molecule has 1 aliphatic rings. The van der Waals surface area contributed by atoms with Crippen molar-refractivity contribution in [3.63, 3.8) is 0 Å². The van der Waals surface area contributed by atoms with Crippen molar-refractivity contribution in [3.8, 4) is 0 Å². The van der Waals surface area contributed by atoms with E-state index in [2.05, 4.69) is 4.74 Å². The lowest BCUT2D eigenvalue weighted by Crippen LogP contribution is -2.08. The average molecular weight is 301 g/mol. The highest BCUT2D eigenvalue weighted by Gasteiger charge is 2.21. The van der Waals surface area contributed by atoms with Crippen LogP contribution in [0, 0.1) is 0 Å². The number of methoxy groups -OCH3 is 1. The molecule has 0 bridgehead atoms. The molecule has 0 aliphatic heterocycles. The molecule has 4 heteroatoms. The van der Waals surface area contributed by atoms with E-state index in [0.29, 0.717) is 16.0 Å². The van der Waals surface area contributed by atoms with E-state index in [1.807, 2.05) is 12.1 Å². The van der Waals surface area contributed by atoms with Crippen LogP contribution in [0.3, 0.4) is 0 Å². The Hall–Kier alpha value is -0.730. The predicted octanol–water partition coefficient (Wildman–Crippen LogP) is 4.76. The second-order valence-corrected chi connectivity index (χ2v) is 5.79. The molecule has 0 spiro atoms. The molecule has 19 heavy (non-hydrogen) atoms. The summed E-state index contributed by atoms with van der Waals surface area (Å²) in [6, 6.07) is 3.91. The van der Waals surface area contributed by atoms with E-state index < -0.39 is 0 Å². The first-order valence-electron chi connectivity index (χ1n) is 6.67. The molecule has 0 radical (unpaired) electrons. The summed E-state index contributed by atoms with van der Waals surface area (Å²) in [5, 5.41) is 1.10. The first kappa shape index (κ1) is 14.7. The number of carbonyl (C=O) groups excluding carboxylic acids is 1. The molecule has 0 amide bonds. The van der Waals surface area contributed by atoms with Gasteiger partial charge in [-0.05, 0) is 29.9 Å². The summed E-state index contributed by atoms with van der Waals surface area (Å²) in [5.41, 5.74) is 1.86. The molecule has 2 nitrogen and oxygen atoms in total. The average Bonchev–Trinajstić information content (AvgIpc) is 2.45. The van der Waals surface area contributed by atoms with Crippen LogP contribution >= 0.6 is 23.2 Å². The molecule has 1 aliphatic carbocycles. The topological polar surface area (TPSA) is 26.3 Å². The Bertz CT molecular complexity index is 465. The smallest absolute Gasteiger partial charge is 0.310 e. The van der Waals surface area contributed by atoms with Gasteiger partial charge in [-0.15, -0.1) is 0 Å². The Labute approximate surface area is 124 Å².